The minimum Gasteiger partial charge on any atom is -0.387 e. The van der Waals surface area contributed by atoms with Gasteiger partial charge in [0, 0.05) is 0 Å². The fourth-order valence-electron chi connectivity index (χ4n) is 5.04. The van der Waals surface area contributed by atoms with E-state index in [1.165, 1.54) is 0 Å². The maximum Gasteiger partial charge on any atom is 0.113 e. The average Bonchev–Trinajstić information content (AvgIpc) is 2.74. The molecule has 28 heavy (non-hydrogen) atoms. The summed E-state index contributed by atoms with van der Waals surface area (Å²) in [4.78, 5) is 0. The molecule has 0 aromatic heterocycles. The molecule has 0 radical (unpaired) electrons. The van der Waals surface area contributed by atoms with E-state index in [1.807, 2.05) is 36.4 Å². The lowest BCUT2D eigenvalue weighted by molar-refractivity contribution is -0.119. The summed E-state index contributed by atoms with van der Waals surface area (Å²) in [6, 6.07) is 20.1. The SMILES string of the molecule is O[C@@H]1[C@H](O)[C@@H](O)c2cc3ccc4cccc5c6ccccc6c(c2[C@@H]1O)c3c45. The van der Waals surface area contributed by atoms with Gasteiger partial charge in [0.25, 0.3) is 0 Å². The standard InChI is InChI=1S/C24H18O4/c25-21-16-10-12-9-8-11-4-3-7-14-13-5-1-2-6-15(13)19(18(12)17(11)14)20(16)22(26)24(28)23(21)27/h1-10,21-28H/t21-,22-,23+,24-/m0/s1. The van der Waals surface area contributed by atoms with Crippen LogP contribution < -0.4 is 0 Å². The van der Waals surface area contributed by atoms with E-state index in [0.29, 0.717) is 11.1 Å². The van der Waals surface area contributed by atoms with Gasteiger partial charge in [0.1, 0.15) is 24.4 Å². The van der Waals surface area contributed by atoms with E-state index >= 15 is 0 Å². The Labute approximate surface area is 160 Å². The average molecular weight is 370 g/mol. The largest absolute Gasteiger partial charge is 0.387 e. The molecule has 0 heterocycles. The molecule has 1 aliphatic carbocycles. The van der Waals surface area contributed by atoms with Gasteiger partial charge >= 0.3 is 0 Å². The van der Waals surface area contributed by atoms with Crippen LogP contribution in [-0.4, -0.2) is 32.6 Å². The smallest absolute Gasteiger partial charge is 0.113 e. The Balaban J connectivity index is 1.97. The Bertz CT molecular complexity index is 1390. The lowest BCUT2D eigenvalue weighted by Crippen LogP contribution is -2.41. The molecule has 0 amide bonds. The first-order valence-electron chi connectivity index (χ1n) is 9.42. The molecular weight excluding hydrogens is 352 g/mol. The van der Waals surface area contributed by atoms with Crippen molar-refractivity contribution < 1.29 is 20.4 Å². The molecule has 5 aromatic carbocycles. The van der Waals surface area contributed by atoms with Crippen molar-refractivity contribution in [2.24, 2.45) is 0 Å². The van der Waals surface area contributed by atoms with E-state index < -0.39 is 24.4 Å². The van der Waals surface area contributed by atoms with Crippen LogP contribution in [0.25, 0.3) is 43.1 Å². The molecule has 6 rings (SSSR count). The van der Waals surface area contributed by atoms with E-state index in [4.69, 9.17) is 0 Å². The highest BCUT2D eigenvalue weighted by molar-refractivity contribution is 6.34. The molecule has 0 saturated carbocycles. The van der Waals surface area contributed by atoms with Crippen molar-refractivity contribution in [3.63, 3.8) is 0 Å². The van der Waals surface area contributed by atoms with Crippen molar-refractivity contribution in [3.05, 3.63) is 71.8 Å². The van der Waals surface area contributed by atoms with Crippen LogP contribution in [0.4, 0.5) is 0 Å². The zero-order valence-corrected chi connectivity index (χ0v) is 14.9. The maximum absolute atomic E-state index is 10.9. The first-order chi connectivity index (χ1) is 13.6. The van der Waals surface area contributed by atoms with E-state index in [1.54, 1.807) is 0 Å². The van der Waals surface area contributed by atoms with Crippen molar-refractivity contribution in [2.75, 3.05) is 0 Å². The zero-order chi connectivity index (χ0) is 19.2. The molecule has 4 N–H and O–H groups in total. The molecule has 0 aliphatic heterocycles. The summed E-state index contributed by atoms with van der Waals surface area (Å²) in [5.74, 6) is 0. The van der Waals surface area contributed by atoms with Gasteiger partial charge in [-0.3, -0.25) is 0 Å². The minimum absolute atomic E-state index is 0.473. The maximum atomic E-state index is 10.9. The predicted molar refractivity (Wildman–Crippen MR) is 110 cm³/mol. The first kappa shape index (κ1) is 16.2. The summed E-state index contributed by atoms with van der Waals surface area (Å²) in [6.07, 6.45) is -5.41. The Morgan fingerprint density at radius 2 is 1.18 bits per heavy atom. The van der Waals surface area contributed by atoms with Crippen LogP contribution in [0.1, 0.15) is 23.3 Å². The van der Waals surface area contributed by atoms with Gasteiger partial charge in [0.15, 0.2) is 0 Å². The number of fused-ring (bicyclic) bond motifs is 5. The van der Waals surface area contributed by atoms with Gasteiger partial charge in [-0.2, -0.15) is 0 Å². The van der Waals surface area contributed by atoms with Gasteiger partial charge in [-0.05, 0) is 60.3 Å². The fourth-order valence-corrected chi connectivity index (χ4v) is 5.04. The summed E-state index contributed by atoms with van der Waals surface area (Å²) in [5.41, 5.74) is 0.980. The summed E-state index contributed by atoms with van der Waals surface area (Å²) in [6.45, 7) is 0. The Hall–Kier alpha value is -2.76. The van der Waals surface area contributed by atoms with Crippen molar-refractivity contribution >= 4 is 43.1 Å². The normalized spacial score (nSPS) is 25.1. The molecule has 0 saturated heterocycles. The van der Waals surface area contributed by atoms with Crippen LogP contribution in [0.3, 0.4) is 0 Å². The molecular formula is C24H18O4. The Kier molecular flexibility index (Phi) is 3.13. The molecule has 0 spiro atoms. The van der Waals surface area contributed by atoms with Gasteiger partial charge in [0.2, 0.25) is 0 Å². The quantitative estimate of drug-likeness (QED) is 0.248. The monoisotopic (exact) mass is 370 g/mol. The van der Waals surface area contributed by atoms with Gasteiger partial charge in [-0.15, -0.1) is 0 Å². The number of aliphatic hydroxyl groups is 4. The van der Waals surface area contributed by atoms with Crippen LogP contribution >= 0.6 is 0 Å². The molecule has 138 valence electrons. The lowest BCUT2D eigenvalue weighted by atomic mass is 9.77. The number of hydrogen-bond donors (Lipinski definition) is 4. The van der Waals surface area contributed by atoms with Gasteiger partial charge in [-0.25, -0.2) is 0 Å². The van der Waals surface area contributed by atoms with E-state index in [2.05, 4.69) is 24.3 Å². The number of aliphatic hydroxyl groups excluding tert-OH is 4. The highest BCUT2D eigenvalue weighted by atomic mass is 16.4. The summed E-state index contributed by atoms with van der Waals surface area (Å²) >= 11 is 0. The molecule has 4 atom stereocenters. The minimum atomic E-state index is -1.44. The molecule has 4 nitrogen and oxygen atoms in total. The fraction of sp³-hybridized carbons (Fsp3) is 0.167. The second-order valence-electron chi connectivity index (χ2n) is 7.74. The molecule has 0 bridgehead atoms. The van der Waals surface area contributed by atoms with Crippen LogP contribution in [0, 0.1) is 0 Å². The zero-order valence-electron chi connectivity index (χ0n) is 14.9. The first-order valence-corrected chi connectivity index (χ1v) is 9.42. The third-order valence-electron chi connectivity index (χ3n) is 6.32. The molecule has 5 aromatic rings. The van der Waals surface area contributed by atoms with Crippen molar-refractivity contribution in [1.82, 2.24) is 0 Å². The van der Waals surface area contributed by atoms with Gasteiger partial charge in [0.05, 0.1) is 0 Å². The van der Waals surface area contributed by atoms with Gasteiger partial charge < -0.3 is 20.4 Å². The van der Waals surface area contributed by atoms with E-state index in [0.717, 1.165) is 43.1 Å². The Morgan fingerprint density at radius 3 is 2.00 bits per heavy atom. The third-order valence-corrected chi connectivity index (χ3v) is 6.32. The molecule has 4 heteroatoms. The number of hydrogen-bond acceptors (Lipinski definition) is 4. The molecule has 0 unspecified atom stereocenters. The van der Waals surface area contributed by atoms with Crippen molar-refractivity contribution in [3.8, 4) is 0 Å². The molecule has 0 fully saturated rings. The topological polar surface area (TPSA) is 80.9 Å². The van der Waals surface area contributed by atoms with E-state index in [-0.39, 0.29) is 0 Å². The highest BCUT2D eigenvalue weighted by Gasteiger charge is 2.41. The summed E-state index contributed by atoms with van der Waals surface area (Å²) in [7, 11) is 0. The highest BCUT2D eigenvalue weighted by Crippen LogP contribution is 2.48. The lowest BCUT2D eigenvalue weighted by Gasteiger charge is -2.36. The van der Waals surface area contributed by atoms with Crippen molar-refractivity contribution in [1.29, 1.82) is 0 Å². The summed E-state index contributed by atoms with van der Waals surface area (Å²) in [5, 5.41) is 50.3. The van der Waals surface area contributed by atoms with Crippen molar-refractivity contribution in [2.45, 2.75) is 24.4 Å². The van der Waals surface area contributed by atoms with Crippen LogP contribution in [-0.2, 0) is 0 Å². The second-order valence-corrected chi connectivity index (χ2v) is 7.74. The summed E-state index contributed by atoms with van der Waals surface area (Å²) < 4.78 is 0. The molecule has 1 aliphatic rings. The third kappa shape index (κ3) is 1.83. The van der Waals surface area contributed by atoms with Crippen LogP contribution in [0.15, 0.2) is 60.7 Å². The second kappa shape index (κ2) is 5.40. The van der Waals surface area contributed by atoms with Gasteiger partial charge in [-0.1, -0.05) is 54.6 Å². The van der Waals surface area contributed by atoms with Crippen LogP contribution in [0.5, 0.6) is 0 Å². The Morgan fingerprint density at radius 1 is 0.536 bits per heavy atom. The van der Waals surface area contributed by atoms with Crippen LogP contribution in [0.2, 0.25) is 0 Å². The number of benzene rings is 5. The van der Waals surface area contributed by atoms with E-state index in [9.17, 15) is 20.4 Å². The predicted octanol–water partition coefficient (Wildman–Crippen LogP) is 3.54. The number of rotatable bonds is 0.